The second kappa shape index (κ2) is 5.09. The summed E-state index contributed by atoms with van der Waals surface area (Å²) in [7, 11) is 0. The number of aromatic nitrogens is 3. The zero-order chi connectivity index (χ0) is 14.1. The Labute approximate surface area is 121 Å². The predicted molar refractivity (Wildman–Crippen MR) is 78.6 cm³/mol. The average molecular weight is 281 g/mol. The summed E-state index contributed by atoms with van der Waals surface area (Å²) in [6.45, 7) is 0.582. The maximum absolute atomic E-state index is 5.97. The van der Waals surface area contributed by atoms with Crippen LogP contribution in [-0.2, 0) is 6.42 Å². The van der Waals surface area contributed by atoms with Crippen molar-refractivity contribution in [3.63, 3.8) is 0 Å². The summed E-state index contributed by atoms with van der Waals surface area (Å²) in [5.74, 6) is 1.65. The first-order valence-corrected chi connectivity index (χ1v) is 7.05. The van der Waals surface area contributed by atoms with Gasteiger partial charge in [-0.1, -0.05) is 12.1 Å². The van der Waals surface area contributed by atoms with E-state index < -0.39 is 0 Å². The van der Waals surface area contributed by atoms with E-state index in [0.717, 1.165) is 41.1 Å². The summed E-state index contributed by atoms with van der Waals surface area (Å²) in [6.07, 6.45) is 5.25. The zero-order valence-electron chi connectivity index (χ0n) is 11.5. The summed E-state index contributed by atoms with van der Waals surface area (Å²) in [5, 5.41) is 1.08. The van der Waals surface area contributed by atoms with Crippen molar-refractivity contribution in [3.05, 3.63) is 48.5 Å². The first kappa shape index (κ1) is 12.2. The number of hydrogen-bond acceptors (Lipinski definition) is 4. The highest BCUT2D eigenvalue weighted by Gasteiger charge is 2.20. The van der Waals surface area contributed by atoms with Crippen LogP contribution in [0.4, 0.5) is 0 Å². The fraction of sp³-hybridized carbons (Fsp3) is 0.250. The number of hydrogen-bond donors (Lipinski definition) is 1. The number of H-pyrrole nitrogens is 1. The molecular formula is C16H15N3O2. The van der Waals surface area contributed by atoms with Gasteiger partial charge in [-0.05, 0) is 31.0 Å². The molecule has 0 saturated carbocycles. The van der Waals surface area contributed by atoms with Crippen molar-refractivity contribution in [2.24, 2.45) is 0 Å². The standard InChI is InChI=1S/C16H15N3O2/c1-2-4-15-14(3-1)20-9-11(21-15)5-6-13-12-7-8-17-16(12)19-10-18-13/h1-4,7-8,10-11H,5-6,9H2,(H,17,18,19). The molecule has 4 rings (SSSR count). The minimum absolute atomic E-state index is 0.0591. The third kappa shape index (κ3) is 2.31. The van der Waals surface area contributed by atoms with Gasteiger partial charge in [0.2, 0.25) is 0 Å². The van der Waals surface area contributed by atoms with Crippen LogP contribution in [0.5, 0.6) is 11.5 Å². The van der Waals surface area contributed by atoms with E-state index in [1.165, 1.54) is 0 Å². The van der Waals surface area contributed by atoms with Crippen molar-refractivity contribution in [2.75, 3.05) is 6.61 Å². The normalized spacial score (nSPS) is 17.0. The average Bonchev–Trinajstić information content (AvgIpc) is 3.02. The van der Waals surface area contributed by atoms with E-state index in [4.69, 9.17) is 9.47 Å². The fourth-order valence-corrected chi connectivity index (χ4v) is 2.63. The molecule has 1 unspecified atom stereocenters. The molecule has 0 amide bonds. The molecule has 0 aliphatic carbocycles. The Balaban J connectivity index is 1.47. The highest BCUT2D eigenvalue weighted by Crippen LogP contribution is 2.31. The SMILES string of the molecule is c1ccc2c(c1)OCC(CCc1ncnc3[nH]ccc13)O2. The van der Waals surface area contributed by atoms with Crippen molar-refractivity contribution < 1.29 is 9.47 Å². The number of ether oxygens (including phenoxy) is 2. The molecule has 1 atom stereocenters. The third-order valence-corrected chi connectivity index (χ3v) is 3.71. The molecule has 0 saturated heterocycles. The number of benzene rings is 1. The van der Waals surface area contributed by atoms with E-state index in [9.17, 15) is 0 Å². The van der Waals surface area contributed by atoms with Crippen molar-refractivity contribution in [2.45, 2.75) is 18.9 Å². The molecule has 2 aromatic heterocycles. The lowest BCUT2D eigenvalue weighted by Gasteiger charge is -2.26. The predicted octanol–water partition coefficient (Wildman–Crippen LogP) is 2.73. The summed E-state index contributed by atoms with van der Waals surface area (Å²) in [5.41, 5.74) is 1.93. The van der Waals surface area contributed by atoms with Crippen LogP contribution >= 0.6 is 0 Å². The molecule has 1 aliphatic rings. The van der Waals surface area contributed by atoms with Crippen molar-refractivity contribution in [1.82, 2.24) is 15.0 Å². The molecule has 5 nitrogen and oxygen atoms in total. The summed E-state index contributed by atoms with van der Waals surface area (Å²) < 4.78 is 11.7. The number of rotatable bonds is 3. The lowest BCUT2D eigenvalue weighted by molar-refractivity contribution is 0.0850. The topological polar surface area (TPSA) is 60.0 Å². The zero-order valence-corrected chi connectivity index (χ0v) is 11.5. The van der Waals surface area contributed by atoms with E-state index >= 15 is 0 Å². The second-order valence-corrected chi connectivity index (χ2v) is 5.10. The molecule has 0 spiro atoms. The van der Waals surface area contributed by atoms with E-state index in [0.29, 0.717) is 6.61 Å². The Morgan fingerprint density at radius 2 is 2.05 bits per heavy atom. The molecule has 5 heteroatoms. The van der Waals surface area contributed by atoms with Crippen LogP contribution in [0.3, 0.4) is 0 Å². The minimum atomic E-state index is 0.0591. The molecule has 0 fully saturated rings. The largest absolute Gasteiger partial charge is 0.486 e. The van der Waals surface area contributed by atoms with Crippen LogP contribution in [0.25, 0.3) is 11.0 Å². The van der Waals surface area contributed by atoms with Gasteiger partial charge in [0.15, 0.2) is 11.5 Å². The molecule has 1 N–H and O–H groups in total. The van der Waals surface area contributed by atoms with Gasteiger partial charge in [-0.3, -0.25) is 0 Å². The number of para-hydroxylation sites is 2. The van der Waals surface area contributed by atoms with Crippen molar-refractivity contribution in [1.29, 1.82) is 0 Å². The van der Waals surface area contributed by atoms with Gasteiger partial charge in [-0.25, -0.2) is 9.97 Å². The Morgan fingerprint density at radius 3 is 3.00 bits per heavy atom. The first-order valence-electron chi connectivity index (χ1n) is 7.05. The molecule has 21 heavy (non-hydrogen) atoms. The molecule has 0 bridgehead atoms. The van der Waals surface area contributed by atoms with Gasteiger partial charge < -0.3 is 14.5 Å². The summed E-state index contributed by atoms with van der Waals surface area (Å²) >= 11 is 0. The quantitative estimate of drug-likeness (QED) is 0.802. The van der Waals surface area contributed by atoms with Crippen LogP contribution in [0.15, 0.2) is 42.9 Å². The first-order chi connectivity index (χ1) is 10.4. The Bertz CT molecular complexity index is 769. The monoisotopic (exact) mass is 281 g/mol. The summed E-state index contributed by atoms with van der Waals surface area (Å²) in [6, 6.07) is 9.79. The smallest absolute Gasteiger partial charge is 0.161 e. The van der Waals surface area contributed by atoms with Crippen LogP contribution in [-0.4, -0.2) is 27.7 Å². The molecule has 106 valence electrons. The van der Waals surface area contributed by atoms with Crippen LogP contribution in [0.2, 0.25) is 0 Å². The van der Waals surface area contributed by atoms with E-state index in [-0.39, 0.29) is 6.10 Å². The summed E-state index contributed by atoms with van der Waals surface area (Å²) in [4.78, 5) is 11.7. The highest BCUT2D eigenvalue weighted by molar-refractivity contribution is 5.77. The van der Waals surface area contributed by atoms with Crippen molar-refractivity contribution >= 4 is 11.0 Å². The molecule has 0 radical (unpaired) electrons. The van der Waals surface area contributed by atoms with Gasteiger partial charge >= 0.3 is 0 Å². The number of aryl methyl sites for hydroxylation is 1. The van der Waals surface area contributed by atoms with Crippen molar-refractivity contribution in [3.8, 4) is 11.5 Å². The van der Waals surface area contributed by atoms with E-state index in [2.05, 4.69) is 15.0 Å². The number of aromatic amines is 1. The maximum atomic E-state index is 5.97. The molecule has 1 aliphatic heterocycles. The maximum Gasteiger partial charge on any atom is 0.161 e. The Kier molecular flexibility index (Phi) is 2.96. The lowest BCUT2D eigenvalue weighted by atomic mass is 10.1. The second-order valence-electron chi connectivity index (χ2n) is 5.10. The van der Waals surface area contributed by atoms with Gasteiger partial charge in [0, 0.05) is 11.6 Å². The molecule has 3 heterocycles. The number of nitrogens with zero attached hydrogens (tertiary/aromatic N) is 2. The number of nitrogens with one attached hydrogen (secondary N) is 1. The van der Waals surface area contributed by atoms with Gasteiger partial charge in [-0.15, -0.1) is 0 Å². The fourth-order valence-electron chi connectivity index (χ4n) is 2.63. The molecular weight excluding hydrogens is 266 g/mol. The van der Waals surface area contributed by atoms with Crippen LogP contribution in [0, 0.1) is 0 Å². The minimum Gasteiger partial charge on any atom is -0.486 e. The molecule has 3 aromatic rings. The van der Waals surface area contributed by atoms with Gasteiger partial charge in [0.1, 0.15) is 24.7 Å². The molecule has 1 aromatic carbocycles. The van der Waals surface area contributed by atoms with E-state index in [1.807, 2.05) is 36.5 Å². The van der Waals surface area contributed by atoms with E-state index in [1.54, 1.807) is 6.33 Å². The van der Waals surface area contributed by atoms with Crippen LogP contribution < -0.4 is 9.47 Å². The number of fused-ring (bicyclic) bond motifs is 2. The third-order valence-electron chi connectivity index (χ3n) is 3.71. The Morgan fingerprint density at radius 1 is 1.14 bits per heavy atom. The Hall–Kier alpha value is -2.56. The van der Waals surface area contributed by atoms with Gasteiger partial charge in [0.05, 0.1) is 5.69 Å². The van der Waals surface area contributed by atoms with Gasteiger partial charge in [-0.2, -0.15) is 0 Å². The lowest BCUT2D eigenvalue weighted by Crippen LogP contribution is -2.29. The van der Waals surface area contributed by atoms with Gasteiger partial charge in [0.25, 0.3) is 0 Å². The highest BCUT2D eigenvalue weighted by atomic mass is 16.6. The van der Waals surface area contributed by atoms with Crippen LogP contribution in [0.1, 0.15) is 12.1 Å².